The first kappa shape index (κ1) is 16.9. The van der Waals surface area contributed by atoms with E-state index in [1.807, 2.05) is 17.0 Å². The summed E-state index contributed by atoms with van der Waals surface area (Å²) in [5.41, 5.74) is 2.48. The fourth-order valence-electron chi connectivity index (χ4n) is 2.69. The van der Waals surface area contributed by atoms with Crippen LogP contribution in [0.25, 0.3) is 0 Å². The molecule has 0 atom stereocenters. The molecule has 2 nitrogen and oxygen atoms in total. The highest BCUT2D eigenvalue weighted by atomic mass is 32.1. The Morgan fingerprint density at radius 3 is 2.17 bits per heavy atom. The van der Waals surface area contributed by atoms with Gasteiger partial charge in [0.2, 0.25) is 5.91 Å². The van der Waals surface area contributed by atoms with Crippen molar-refractivity contribution >= 4 is 28.6 Å². The van der Waals surface area contributed by atoms with Crippen LogP contribution >= 0.6 is 22.7 Å². The minimum absolute atomic E-state index is 0.221. The van der Waals surface area contributed by atoms with E-state index in [4.69, 9.17) is 0 Å². The van der Waals surface area contributed by atoms with Gasteiger partial charge in [0.1, 0.15) is 0 Å². The van der Waals surface area contributed by atoms with Gasteiger partial charge < -0.3 is 4.90 Å². The molecule has 2 aromatic heterocycles. The van der Waals surface area contributed by atoms with Gasteiger partial charge in [0, 0.05) is 16.2 Å². The molecule has 124 valence electrons. The third-order valence-electron chi connectivity index (χ3n) is 3.92. The number of carbonyl (C=O) groups is 1. The average Bonchev–Trinajstić information content (AvgIpc) is 3.26. The first-order chi connectivity index (χ1) is 11.7. The van der Waals surface area contributed by atoms with Crippen LogP contribution in [0.2, 0.25) is 0 Å². The first-order valence-electron chi connectivity index (χ1n) is 8.09. The predicted octanol–water partition coefficient (Wildman–Crippen LogP) is 5.28. The van der Waals surface area contributed by atoms with Gasteiger partial charge in [-0.3, -0.25) is 4.79 Å². The summed E-state index contributed by atoms with van der Waals surface area (Å²) in [6.07, 6.45) is 1.35. The number of hydrogen-bond acceptors (Lipinski definition) is 3. The predicted molar refractivity (Wildman–Crippen MR) is 102 cm³/mol. The van der Waals surface area contributed by atoms with Gasteiger partial charge in [-0.1, -0.05) is 42.0 Å². The highest BCUT2D eigenvalue weighted by Gasteiger charge is 2.15. The van der Waals surface area contributed by atoms with Gasteiger partial charge in [0.15, 0.2) is 0 Å². The van der Waals surface area contributed by atoms with Gasteiger partial charge >= 0.3 is 0 Å². The number of thiophene rings is 2. The standard InChI is InChI=1S/C20H21NOS2/c1-16-5-2-6-17(13-16)9-10-20(22)21(14-18-7-3-11-23-18)15-19-8-4-12-24-19/h2-8,11-13H,9-10,14-15H2,1H3. The third-order valence-corrected chi connectivity index (χ3v) is 5.64. The molecule has 0 fully saturated rings. The Labute approximate surface area is 151 Å². The fourth-order valence-corrected chi connectivity index (χ4v) is 4.13. The maximum atomic E-state index is 12.8. The van der Waals surface area contributed by atoms with Crippen molar-refractivity contribution in [2.24, 2.45) is 0 Å². The number of rotatable bonds is 7. The molecule has 0 aliphatic rings. The van der Waals surface area contributed by atoms with Gasteiger partial charge in [0.25, 0.3) is 0 Å². The molecule has 24 heavy (non-hydrogen) atoms. The highest BCUT2D eigenvalue weighted by molar-refractivity contribution is 7.10. The van der Waals surface area contributed by atoms with Crippen molar-refractivity contribution in [3.63, 3.8) is 0 Å². The van der Waals surface area contributed by atoms with Crippen LogP contribution in [0.15, 0.2) is 59.3 Å². The lowest BCUT2D eigenvalue weighted by Gasteiger charge is -2.21. The van der Waals surface area contributed by atoms with Crippen molar-refractivity contribution < 1.29 is 4.79 Å². The smallest absolute Gasteiger partial charge is 0.223 e. The molecule has 0 spiro atoms. The normalized spacial score (nSPS) is 10.7. The van der Waals surface area contributed by atoms with E-state index in [0.29, 0.717) is 19.5 Å². The van der Waals surface area contributed by atoms with Crippen molar-refractivity contribution in [1.82, 2.24) is 4.90 Å². The van der Waals surface area contributed by atoms with Crippen molar-refractivity contribution in [2.45, 2.75) is 32.9 Å². The molecular weight excluding hydrogens is 334 g/mol. The fraction of sp³-hybridized carbons (Fsp3) is 0.250. The van der Waals surface area contributed by atoms with E-state index in [1.54, 1.807) is 22.7 Å². The summed E-state index contributed by atoms with van der Waals surface area (Å²) in [5.74, 6) is 0.221. The van der Waals surface area contributed by atoms with Gasteiger partial charge in [-0.25, -0.2) is 0 Å². The molecule has 0 saturated heterocycles. The summed E-state index contributed by atoms with van der Waals surface area (Å²) in [7, 11) is 0. The Hall–Kier alpha value is -1.91. The molecule has 0 unspecified atom stereocenters. The second-order valence-corrected chi connectivity index (χ2v) is 7.96. The molecule has 3 aromatic rings. The van der Waals surface area contributed by atoms with Crippen molar-refractivity contribution in [2.75, 3.05) is 0 Å². The van der Waals surface area contributed by atoms with E-state index in [-0.39, 0.29) is 5.91 Å². The first-order valence-corrected chi connectivity index (χ1v) is 9.85. The van der Waals surface area contributed by atoms with Crippen LogP contribution in [0.4, 0.5) is 0 Å². The molecule has 0 aliphatic carbocycles. The number of benzene rings is 1. The van der Waals surface area contributed by atoms with Gasteiger partial charge in [-0.05, 0) is 41.8 Å². The molecule has 0 radical (unpaired) electrons. The highest BCUT2D eigenvalue weighted by Crippen LogP contribution is 2.18. The Morgan fingerprint density at radius 2 is 1.62 bits per heavy atom. The Morgan fingerprint density at radius 1 is 0.958 bits per heavy atom. The Bertz CT molecular complexity index is 727. The van der Waals surface area contributed by atoms with Crippen molar-refractivity contribution in [1.29, 1.82) is 0 Å². The van der Waals surface area contributed by atoms with E-state index in [9.17, 15) is 4.79 Å². The number of carbonyl (C=O) groups excluding carboxylic acids is 1. The molecule has 3 rings (SSSR count). The topological polar surface area (TPSA) is 20.3 Å². The van der Waals surface area contributed by atoms with Crippen LogP contribution in [0, 0.1) is 6.92 Å². The van der Waals surface area contributed by atoms with Crippen LogP contribution in [0.3, 0.4) is 0 Å². The summed E-state index contributed by atoms with van der Waals surface area (Å²) < 4.78 is 0. The van der Waals surface area contributed by atoms with E-state index in [0.717, 1.165) is 6.42 Å². The summed E-state index contributed by atoms with van der Waals surface area (Å²) in [6, 6.07) is 16.7. The summed E-state index contributed by atoms with van der Waals surface area (Å²) in [6.45, 7) is 3.48. The van der Waals surface area contributed by atoms with E-state index < -0.39 is 0 Å². The molecule has 0 bridgehead atoms. The summed E-state index contributed by atoms with van der Waals surface area (Å²) >= 11 is 3.41. The molecule has 1 aromatic carbocycles. The number of amides is 1. The lowest BCUT2D eigenvalue weighted by molar-refractivity contribution is -0.132. The van der Waals surface area contributed by atoms with Crippen molar-refractivity contribution in [3.05, 3.63) is 80.2 Å². The molecule has 4 heteroatoms. The van der Waals surface area contributed by atoms with Crippen LogP contribution in [0.5, 0.6) is 0 Å². The molecule has 2 heterocycles. The third kappa shape index (κ3) is 4.79. The van der Waals surface area contributed by atoms with Gasteiger partial charge in [-0.2, -0.15) is 0 Å². The number of aryl methyl sites for hydroxylation is 2. The van der Waals surface area contributed by atoms with Crippen molar-refractivity contribution in [3.8, 4) is 0 Å². The van der Waals surface area contributed by atoms with Crippen LogP contribution < -0.4 is 0 Å². The average molecular weight is 356 g/mol. The number of hydrogen-bond donors (Lipinski definition) is 0. The second-order valence-electron chi connectivity index (χ2n) is 5.90. The SMILES string of the molecule is Cc1cccc(CCC(=O)N(Cc2cccs2)Cc2cccs2)c1. The molecule has 0 N–H and O–H groups in total. The lowest BCUT2D eigenvalue weighted by Crippen LogP contribution is -2.29. The zero-order chi connectivity index (χ0) is 16.8. The quantitative estimate of drug-likeness (QED) is 0.565. The van der Waals surface area contributed by atoms with Gasteiger partial charge in [0.05, 0.1) is 13.1 Å². The zero-order valence-corrected chi connectivity index (χ0v) is 15.4. The maximum Gasteiger partial charge on any atom is 0.223 e. The van der Waals surface area contributed by atoms with E-state index in [1.165, 1.54) is 20.9 Å². The monoisotopic (exact) mass is 355 g/mol. The Kier molecular flexibility index (Phi) is 5.83. The number of nitrogens with zero attached hydrogens (tertiary/aromatic N) is 1. The molecule has 1 amide bonds. The molecular formula is C20H21NOS2. The molecule has 0 saturated carbocycles. The summed E-state index contributed by atoms with van der Waals surface area (Å²) in [5, 5.41) is 4.13. The second kappa shape index (κ2) is 8.27. The van der Waals surface area contributed by atoms with Crippen LogP contribution in [-0.2, 0) is 24.3 Å². The van der Waals surface area contributed by atoms with Crippen LogP contribution in [0.1, 0.15) is 27.3 Å². The largest absolute Gasteiger partial charge is 0.332 e. The van der Waals surface area contributed by atoms with E-state index >= 15 is 0 Å². The molecule has 0 aliphatic heterocycles. The summed E-state index contributed by atoms with van der Waals surface area (Å²) in [4.78, 5) is 17.2. The van der Waals surface area contributed by atoms with Crippen LogP contribution in [-0.4, -0.2) is 10.8 Å². The Balaban J connectivity index is 1.65. The zero-order valence-electron chi connectivity index (χ0n) is 13.8. The lowest BCUT2D eigenvalue weighted by atomic mass is 10.1. The maximum absolute atomic E-state index is 12.8. The minimum Gasteiger partial charge on any atom is -0.332 e. The minimum atomic E-state index is 0.221. The van der Waals surface area contributed by atoms with E-state index in [2.05, 4.69) is 54.1 Å². The van der Waals surface area contributed by atoms with Gasteiger partial charge in [-0.15, -0.1) is 22.7 Å².